The maximum absolute atomic E-state index is 3.50. The number of fused-ring (bicyclic) bond motifs is 1. The molecule has 2 aromatic rings. The summed E-state index contributed by atoms with van der Waals surface area (Å²) in [5, 5.41) is 6.27. The van der Waals surface area contributed by atoms with Gasteiger partial charge in [-0.15, -0.1) is 0 Å². The molecule has 2 unspecified atom stereocenters. The summed E-state index contributed by atoms with van der Waals surface area (Å²) >= 11 is 0. The van der Waals surface area contributed by atoms with Gasteiger partial charge >= 0.3 is 0 Å². The van der Waals surface area contributed by atoms with Crippen molar-refractivity contribution in [1.82, 2.24) is 5.32 Å². The van der Waals surface area contributed by atoms with Gasteiger partial charge in [-0.2, -0.15) is 0 Å². The Labute approximate surface area is 117 Å². The van der Waals surface area contributed by atoms with E-state index in [9.17, 15) is 0 Å². The molecule has 0 saturated heterocycles. The fourth-order valence-electron chi connectivity index (χ4n) is 2.75. The largest absolute Gasteiger partial charge is 0.313 e. The highest BCUT2D eigenvalue weighted by atomic mass is 14.9. The third-order valence-corrected chi connectivity index (χ3v) is 4.23. The summed E-state index contributed by atoms with van der Waals surface area (Å²) in [6, 6.07) is 13.7. The van der Waals surface area contributed by atoms with E-state index in [4.69, 9.17) is 0 Å². The normalized spacial score (nSPS) is 14.5. The number of hydrogen-bond acceptors (Lipinski definition) is 1. The first-order valence-corrected chi connectivity index (χ1v) is 7.32. The fourth-order valence-corrected chi connectivity index (χ4v) is 2.75. The molecule has 0 heterocycles. The van der Waals surface area contributed by atoms with E-state index < -0.39 is 0 Å². The van der Waals surface area contributed by atoms with Gasteiger partial charge in [0.25, 0.3) is 0 Å². The van der Waals surface area contributed by atoms with E-state index in [2.05, 4.69) is 69.5 Å². The Morgan fingerprint density at radius 3 is 2.37 bits per heavy atom. The number of benzene rings is 2. The van der Waals surface area contributed by atoms with Crippen LogP contribution in [0.1, 0.15) is 43.9 Å². The lowest BCUT2D eigenvalue weighted by Gasteiger charge is -2.22. The summed E-state index contributed by atoms with van der Waals surface area (Å²) < 4.78 is 0. The van der Waals surface area contributed by atoms with E-state index in [-0.39, 0.29) is 0 Å². The van der Waals surface area contributed by atoms with Gasteiger partial charge in [-0.25, -0.2) is 0 Å². The molecule has 0 spiro atoms. The quantitative estimate of drug-likeness (QED) is 0.805. The molecule has 1 heteroatoms. The molecule has 0 aliphatic carbocycles. The van der Waals surface area contributed by atoms with Gasteiger partial charge in [-0.1, -0.05) is 56.7 Å². The summed E-state index contributed by atoms with van der Waals surface area (Å²) in [4.78, 5) is 0. The third kappa shape index (κ3) is 2.98. The van der Waals surface area contributed by atoms with Crippen molar-refractivity contribution in [3.63, 3.8) is 0 Å². The van der Waals surface area contributed by atoms with Gasteiger partial charge in [0.05, 0.1) is 0 Å². The Morgan fingerprint density at radius 2 is 1.74 bits per heavy atom. The summed E-state index contributed by atoms with van der Waals surface area (Å²) in [5.74, 6) is 0.748. The van der Waals surface area contributed by atoms with Gasteiger partial charge in [-0.3, -0.25) is 0 Å². The van der Waals surface area contributed by atoms with Gasteiger partial charge in [0.15, 0.2) is 0 Å². The second-order valence-electron chi connectivity index (χ2n) is 5.61. The summed E-state index contributed by atoms with van der Waals surface area (Å²) in [6.07, 6.45) is 2.43. The van der Waals surface area contributed by atoms with Crippen LogP contribution in [0, 0.1) is 12.8 Å². The van der Waals surface area contributed by atoms with Crippen LogP contribution in [0.4, 0.5) is 0 Å². The van der Waals surface area contributed by atoms with Crippen LogP contribution < -0.4 is 5.32 Å². The van der Waals surface area contributed by atoms with Crippen LogP contribution in [0.15, 0.2) is 36.4 Å². The maximum atomic E-state index is 3.50. The van der Waals surface area contributed by atoms with Crippen LogP contribution in [-0.4, -0.2) is 7.05 Å². The lowest BCUT2D eigenvalue weighted by atomic mass is 9.90. The van der Waals surface area contributed by atoms with Crippen molar-refractivity contribution in [3.05, 3.63) is 47.5 Å². The summed E-state index contributed by atoms with van der Waals surface area (Å²) in [7, 11) is 2.07. The minimum absolute atomic E-state index is 0.445. The summed E-state index contributed by atoms with van der Waals surface area (Å²) in [6.45, 7) is 6.79. The van der Waals surface area contributed by atoms with E-state index in [0.29, 0.717) is 6.04 Å². The highest BCUT2D eigenvalue weighted by molar-refractivity contribution is 5.88. The molecular formula is C18H25N. The lowest BCUT2D eigenvalue weighted by Crippen LogP contribution is -2.19. The number of nitrogens with one attached hydrogen (secondary N) is 1. The predicted molar refractivity (Wildman–Crippen MR) is 84.6 cm³/mol. The second kappa shape index (κ2) is 6.21. The molecule has 0 aromatic heterocycles. The maximum Gasteiger partial charge on any atom is 0.0326 e. The first-order chi connectivity index (χ1) is 9.17. The highest BCUT2D eigenvalue weighted by Crippen LogP contribution is 2.30. The zero-order chi connectivity index (χ0) is 13.8. The molecule has 2 rings (SSSR count). The highest BCUT2D eigenvalue weighted by Gasteiger charge is 2.15. The van der Waals surface area contributed by atoms with Crippen molar-refractivity contribution < 1.29 is 0 Å². The molecule has 0 aliphatic heterocycles. The van der Waals surface area contributed by atoms with Gasteiger partial charge < -0.3 is 5.32 Å². The molecule has 0 amide bonds. The van der Waals surface area contributed by atoms with Crippen molar-refractivity contribution in [2.24, 2.45) is 5.92 Å². The van der Waals surface area contributed by atoms with Crippen LogP contribution in [0.25, 0.3) is 10.8 Å². The molecule has 0 radical (unpaired) electrons. The smallest absolute Gasteiger partial charge is 0.0326 e. The first kappa shape index (κ1) is 14.1. The van der Waals surface area contributed by atoms with E-state index in [1.807, 2.05) is 0 Å². The van der Waals surface area contributed by atoms with Crippen LogP contribution in [-0.2, 0) is 0 Å². The zero-order valence-electron chi connectivity index (χ0n) is 12.5. The van der Waals surface area contributed by atoms with Gasteiger partial charge in [0.1, 0.15) is 0 Å². The molecule has 1 nitrogen and oxygen atoms in total. The van der Waals surface area contributed by atoms with Gasteiger partial charge in [0, 0.05) is 6.04 Å². The SMILES string of the molecule is CCC(C)CC(NC)c1ccc(C)c2ccccc12. The van der Waals surface area contributed by atoms with E-state index >= 15 is 0 Å². The standard InChI is InChI=1S/C18H25N/c1-5-13(2)12-18(19-4)17-11-10-14(3)15-8-6-7-9-16(15)17/h6-11,13,18-19H,5,12H2,1-4H3. The minimum Gasteiger partial charge on any atom is -0.313 e. The Morgan fingerprint density at radius 1 is 1.05 bits per heavy atom. The third-order valence-electron chi connectivity index (χ3n) is 4.23. The molecule has 0 aliphatic rings. The molecular weight excluding hydrogens is 230 g/mol. The summed E-state index contributed by atoms with van der Waals surface area (Å²) in [5.41, 5.74) is 2.79. The number of rotatable bonds is 5. The van der Waals surface area contributed by atoms with E-state index in [0.717, 1.165) is 5.92 Å². The van der Waals surface area contributed by atoms with E-state index in [1.165, 1.54) is 34.7 Å². The molecule has 0 fully saturated rings. The second-order valence-corrected chi connectivity index (χ2v) is 5.61. The Balaban J connectivity index is 2.46. The zero-order valence-corrected chi connectivity index (χ0v) is 12.5. The Bertz CT molecular complexity index is 544. The van der Waals surface area contributed by atoms with Crippen LogP contribution in [0.5, 0.6) is 0 Å². The van der Waals surface area contributed by atoms with Crippen molar-refractivity contribution >= 4 is 10.8 Å². The van der Waals surface area contributed by atoms with Gasteiger partial charge in [-0.05, 0) is 48.2 Å². The van der Waals surface area contributed by atoms with Gasteiger partial charge in [0.2, 0.25) is 0 Å². The number of aryl methyl sites for hydroxylation is 1. The van der Waals surface area contributed by atoms with Crippen LogP contribution in [0.3, 0.4) is 0 Å². The minimum atomic E-state index is 0.445. The predicted octanol–water partition coefficient (Wildman–Crippen LogP) is 4.84. The van der Waals surface area contributed by atoms with Crippen molar-refractivity contribution in [2.45, 2.75) is 39.7 Å². The van der Waals surface area contributed by atoms with E-state index in [1.54, 1.807) is 0 Å². The molecule has 2 atom stereocenters. The Kier molecular flexibility index (Phi) is 4.60. The molecule has 1 N–H and O–H groups in total. The van der Waals surface area contributed by atoms with Crippen LogP contribution in [0.2, 0.25) is 0 Å². The molecule has 0 saturated carbocycles. The van der Waals surface area contributed by atoms with Crippen molar-refractivity contribution in [2.75, 3.05) is 7.05 Å². The fraction of sp³-hybridized carbons (Fsp3) is 0.444. The van der Waals surface area contributed by atoms with Crippen molar-refractivity contribution in [3.8, 4) is 0 Å². The topological polar surface area (TPSA) is 12.0 Å². The Hall–Kier alpha value is -1.34. The average molecular weight is 255 g/mol. The monoisotopic (exact) mass is 255 g/mol. The van der Waals surface area contributed by atoms with Crippen molar-refractivity contribution in [1.29, 1.82) is 0 Å². The lowest BCUT2D eigenvalue weighted by molar-refractivity contribution is 0.423. The van der Waals surface area contributed by atoms with Crippen LogP contribution >= 0.6 is 0 Å². The average Bonchev–Trinajstić information content (AvgIpc) is 2.45. The molecule has 19 heavy (non-hydrogen) atoms. The number of hydrogen-bond donors (Lipinski definition) is 1. The molecule has 102 valence electrons. The first-order valence-electron chi connectivity index (χ1n) is 7.32. The molecule has 0 bridgehead atoms. The molecule has 2 aromatic carbocycles.